The molecule has 28 heavy (non-hydrogen) atoms. The molecule has 3 aromatic carbocycles. The molecule has 0 spiro atoms. The van der Waals surface area contributed by atoms with Crippen molar-refractivity contribution in [1.29, 1.82) is 0 Å². The minimum Gasteiger partial charge on any atom is -0.508 e. The lowest BCUT2D eigenvalue weighted by Gasteiger charge is -2.17. The Labute approximate surface area is 172 Å². The van der Waals surface area contributed by atoms with Gasteiger partial charge in [0.05, 0.1) is 11.4 Å². The van der Waals surface area contributed by atoms with Crippen LogP contribution in [0.15, 0.2) is 77.8 Å². The quantitative estimate of drug-likeness (QED) is 0.617. The van der Waals surface area contributed by atoms with Gasteiger partial charge in [-0.1, -0.05) is 48.0 Å². The van der Waals surface area contributed by atoms with Crippen LogP contribution < -0.4 is 4.42 Å². The highest BCUT2D eigenvalue weighted by molar-refractivity contribution is 6.39. The monoisotopic (exact) mass is 410 g/mol. The molecule has 1 atom stereocenters. The third kappa shape index (κ3) is 3.49. The highest BCUT2D eigenvalue weighted by Gasteiger charge is 2.31. The molecular weight excluding hydrogens is 395 g/mol. The summed E-state index contributed by atoms with van der Waals surface area (Å²) in [5.41, 5.74) is 3.58. The van der Waals surface area contributed by atoms with Crippen molar-refractivity contribution in [3.63, 3.8) is 0 Å². The van der Waals surface area contributed by atoms with Crippen molar-refractivity contribution >= 4 is 40.7 Å². The second-order valence-corrected chi connectivity index (χ2v) is 7.22. The second-order valence-electron chi connectivity index (χ2n) is 6.47. The van der Waals surface area contributed by atoms with Crippen molar-refractivity contribution in [3.05, 3.63) is 94.5 Å². The molecule has 6 heteroatoms. The number of nitrogens with zero attached hydrogens (tertiary/aromatic N) is 2. The summed E-state index contributed by atoms with van der Waals surface area (Å²) < 4.78 is 1.13. The van der Waals surface area contributed by atoms with Crippen LogP contribution in [0.4, 0.5) is 5.69 Å². The van der Waals surface area contributed by atoms with Crippen molar-refractivity contribution < 1.29 is 9.90 Å². The van der Waals surface area contributed by atoms with E-state index in [9.17, 15) is 9.90 Å². The summed E-state index contributed by atoms with van der Waals surface area (Å²) in [4.78, 5) is 17.8. The van der Waals surface area contributed by atoms with Gasteiger partial charge < -0.3 is 5.11 Å². The van der Waals surface area contributed by atoms with Crippen LogP contribution in [0, 0.1) is 0 Å². The summed E-state index contributed by atoms with van der Waals surface area (Å²) in [5, 5.41) is 10.2. The number of hydrogen-bond donors (Lipinski definition) is 1. The molecule has 1 heterocycles. The lowest BCUT2D eigenvalue weighted by molar-refractivity contribution is -0.118. The maximum atomic E-state index is 13.1. The van der Waals surface area contributed by atoms with Crippen LogP contribution >= 0.6 is 23.4 Å². The predicted molar refractivity (Wildman–Crippen MR) is 112 cm³/mol. The Morgan fingerprint density at radius 2 is 1.64 bits per heavy atom. The number of benzodiazepines with no additional fused rings is 1. The van der Waals surface area contributed by atoms with Gasteiger partial charge in [0.25, 0.3) is 5.91 Å². The Morgan fingerprint density at radius 1 is 0.964 bits per heavy atom. The van der Waals surface area contributed by atoms with Gasteiger partial charge in [0, 0.05) is 34.3 Å². The number of benzene rings is 3. The van der Waals surface area contributed by atoms with E-state index in [0.29, 0.717) is 22.8 Å². The number of phenols is 1. The van der Waals surface area contributed by atoms with E-state index in [2.05, 4.69) is 0 Å². The molecule has 0 radical (unpaired) electrons. The van der Waals surface area contributed by atoms with Gasteiger partial charge in [-0.05, 0) is 42.0 Å². The van der Waals surface area contributed by atoms with Crippen molar-refractivity contribution in [2.45, 2.75) is 12.5 Å². The number of para-hydroxylation sites is 1. The van der Waals surface area contributed by atoms with Gasteiger partial charge in [-0.25, -0.2) is 4.42 Å². The largest absolute Gasteiger partial charge is 0.508 e. The van der Waals surface area contributed by atoms with Crippen LogP contribution in [0.1, 0.15) is 16.7 Å². The molecular formula is C22H16Cl2N2O2. The maximum Gasteiger partial charge on any atom is 0.266 e. The second kappa shape index (κ2) is 7.66. The Balaban J connectivity index is 1.85. The Bertz CT molecular complexity index is 1060. The van der Waals surface area contributed by atoms with E-state index in [1.165, 1.54) is 0 Å². The highest BCUT2D eigenvalue weighted by Crippen LogP contribution is 2.31. The van der Waals surface area contributed by atoms with Gasteiger partial charge in [0.15, 0.2) is 0 Å². The van der Waals surface area contributed by atoms with Gasteiger partial charge >= 0.3 is 0 Å². The summed E-state index contributed by atoms with van der Waals surface area (Å²) in [6.45, 7) is 0. The zero-order valence-corrected chi connectivity index (χ0v) is 16.2. The molecule has 1 unspecified atom stereocenters. The smallest absolute Gasteiger partial charge is 0.266 e. The summed E-state index contributed by atoms with van der Waals surface area (Å²) in [5.74, 6) is -0.156. The predicted octanol–water partition coefficient (Wildman–Crippen LogP) is 4.99. The maximum absolute atomic E-state index is 13.1. The molecule has 1 aliphatic heterocycles. The minimum atomic E-state index is -0.728. The number of amides is 1. The molecule has 4 nitrogen and oxygen atoms in total. The number of fused-ring (bicyclic) bond motifs is 1. The van der Waals surface area contributed by atoms with Crippen molar-refractivity contribution in [2.75, 3.05) is 4.42 Å². The SMILES string of the molecule is O=C1C(Cc2ccccc2Cl)N=C(c2ccc(O)cc2)c2ccccc2N1Cl. The summed E-state index contributed by atoms with van der Waals surface area (Å²) in [7, 11) is 0. The van der Waals surface area contributed by atoms with E-state index in [1.807, 2.05) is 36.4 Å². The molecule has 1 amide bonds. The fourth-order valence-electron chi connectivity index (χ4n) is 3.23. The van der Waals surface area contributed by atoms with Crippen LogP contribution in [0.25, 0.3) is 0 Å². The molecule has 4 rings (SSSR count). The summed E-state index contributed by atoms with van der Waals surface area (Å²) >= 11 is 12.7. The number of halogens is 2. The van der Waals surface area contributed by atoms with E-state index in [0.717, 1.165) is 21.1 Å². The molecule has 0 fully saturated rings. The molecule has 0 saturated heterocycles. The van der Waals surface area contributed by atoms with Crippen LogP contribution in [0.5, 0.6) is 5.75 Å². The first-order valence-corrected chi connectivity index (χ1v) is 9.46. The molecule has 0 aromatic heterocycles. The molecule has 1 aliphatic rings. The number of aliphatic imine (C=N–C) groups is 1. The zero-order valence-electron chi connectivity index (χ0n) is 14.7. The van der Waals surface area contributed by atoms with Gasteiger partial charge in [0.1, 0.15) is 11.8 Å². The average molecular weight is 411 g/mol. The Hall–Kier alpha value is -2.82. The standard InChI is InChI=1S/C22H16Cl2N2O2/c23-18-7-3-1-5-15(18)13-19-22(28)26(24)20-8-4-2-6-17(20)21(25-19)14-9-11-16(27)12-10-14/h1-12,19,27H,13H2. The number of phenolic OH excluding ortho intramolecular Hbond substituents is 1. The van der Waals surface area contributed by atoms with Gasteiger partial charge in [0.2, 0.25) is 0 Å². The van der Waals surface area contributed by atoms with Gasteiger partial charge in [-0.2, -0.15) is 0 Å². The van der Waals surface area contributed by atoms with Crippen LogP contribution in [0.3, 0.4) is 0 Å². The van der Waals surface area contributed by atoms with E-state index in [-0.39, 0.29) is 11.7 Å². The lowest BCUT2D eigenvalue weighted by Crippen LogP contribution is -2.32. The number of hydrogen-bond acceptors (Lipinski definition) is 3. The van der Waals surface area contributed by atoms with Crippen LogP contribution in [0.2, 0.25) is 5.02 Å². The minimum absolute atomic E-state index is 0.161. The Kier molecular flexibility index (Phi) is 5.07. The molecule has 3 aromatic rings. The zero-order chi connectivity index (χ0) is 19.7. The van der Waals surface area contributed by atoms with E-state index in [1.54, 1.807) is 36.4 Å². The van der Waals surface area contributed by atoms with Crippen molar-refractivity contribution in [3.8, 4) is 5.75 Å². The van der Waals surface area contributed by atoms with Gasteiger partial charge in [-0.15, -0.1) is 0 Å². The third-order valence-corrected chi connectivity index (χ3v) is 5.36. The number of aromatic hydroxyl groups is 1. The third-order valence-electron chi connectivity index (χ3n) is 4.65. The summed E-state index contributed by atoms with van der Waals surface area (Å²) in [6.07, 6.45) is 0.331. The van der Waals surface area contributed by atoms with E-state index in [4.69, 9.17) is 28.4 Å². The first-order valence-electron chi connectivity index (χ1n) is 8.74. The topological polar surface area (TPSA) is 52.9 Å². The molecule has 0 aliphatic carbocycles. The van der Waals surface area contributed by atoms with E-state index >= 15 is 0 Å². The van der Waals surface area contributed by atoms with Crippen molar-refractivity contribution in [2.24, 2.45) is 4.99 Å². The fourth-order valence-corrected chi connectivity index (χ4v) is 3.70. The molecule has 0 bridgehead atoms. The number of rotatable bonds is 3. The average Bonchev–Trinajstić information content (AvgIpc) is 2.81. The Morgan fingerprint density at radius 3 is 2.39 bits per heavy atom. The number of anilines is 1. The van der Waals surface area contributed by atoms with E-state index < -0.39 is 6.04 Å². The van der Waals surface area contributed by atoms with Gasteiger partial charge in [-0.3, -0.25) is 9.79 Å². The molecule has 1 N–H and O–H groups in total. The fraction of sp³-hybridized carbons (Fsp3) is 0.0909. The van der Waals surface area contributed by atoms with Crippen LogP contribution in [-0.2, 0) is 11.2 Å². The normalized spacial score (nSPS) is 16.4. The molecule has 140 valence electrons. The van der Waals surface area contributed by atoms with Crippen molar-refractivity contribution in [1.82, 2.24) is 0 Å². The van der Waals surface area contributed by atoms with Crippen LogP contribution in [-0.4, -0.2) is 22.8 Å². The summed E-state index contributed by atoms with van der Waals surface area (Å²) in [6, 6.07) is 20.7. The first-order chi connectivity index (χ1) is 13.5. The lowest BCUT2D eigenvalue weighted by atomic mass is 10.00. The highest BCUT2D eigenvalue weighted by atomic mass is 35.5. The number of carbonyl (C=O) groups is 1. The number of carbonyl (C=O) groups excluding carboxylic acids is 1. The molecule has 0 saturated carbocycles. The first kappa shape index (κ1) is 18.5.